The van der Waals surface area contributed by atoms with Gasteiger partial charge in [-0.1, -0.05) is 15.9 Å². The molecule has 2 unspecified atom stereocenters. The Morgan fingerprint density at radius 2 is 1.79 bits per heavy atom. The first kappa shape index (κ1) is 18.8. The van der Waals surface area contributed by atoms with Crippen LogP contribution in [0.5, 0.6) is 0 Å². The van der Waals surface area contributed by atoms with E-state index in [1.165, 1.54) is 38.5 Å². The van der Waals surface area contributed by atoms with Crippen LogP contribution < -0.4 is 4.90 Å². The number of hydrogen-bond donors (Lipinski definition) is 0. The zero-order valence-electron chi connectivity index (χ0n) is 17.1. The van der Waals surface area contributed by atoms with E-state index < -0.39 is 0 Å². The van der Waals surface area contributed by atoms with Crippen LogP contribution in [0.15, 0.2) is 6.07 Å². The highest BCUT2D eigenvalue weighted by molar-refractivity contribution is 9.10. The van der Waals surface area contributed by atoms with Crippen LogP contribution in [0.3, 0.4) is 0 Å². The molecule has 0 N–H and O–H groups in total. The standard InChI is InChI=1S/C22H31BrN4O/c1-15-7-19(25-16(2)24-15)26-3-5-27(6-4-26)20(28)13-21-9-17-8-18(10-21)12-22(23,11-17)14-21/h7,17-18H,3-6,8-14H2,1-2H3. The lowest BCUT2D eigenvalue weighted by atomic mass is 9.48. The Balaban J connectivity index is 1.22. The molecule has 152 valence electrons. The minimum Gasteiger partial charge on any atom is -0.353 e. The Hall–Kier alpha value is -1.17. The van der Waals surface area contributed by atoms with E-state index in [-0.39, 0.29) is 5.41 Å². The third kappa shape index (κ3) is 3.46. The first-order valence-electron chi connectivity index (χ1n) is 10.9. The van der Waals surface area contributed by atoms with Gasteiger partial charge < -0.3 is 9.80 Å². The van der Waals surface area contributed by atoms with Gasteiger partial charge in [0, 0.05) is 48.7 Å². The topological polar surface area (TPSA) is 49.3 Å². The Morgan fingerprint density at radius 3 is 2.39 bits per heavy atom. The maximum Gasteiger partial charge on any atom is 0.223 e. The van der Waals surface area contributed by atoms with Crippen LogP contribution >= 0.6 is 15.9 Å². The quantitative estimate of drug-likeness (QED) is 0.661. The maximum absolute atomic E-state index is 13.2. The number of anilines is 1. The van der Waals surface area contributed by atoms with Crippen molar-refractivity contribution in [2.24, 2.45) is 17.3 Å². The van der Waals surface area contributed by atoms with Gasteiger partial charge >= 0.3 is 0 Å². The maximum atomic E-state index is 13.2. The summed E-state index contributed by atoms with van der Waals surface area (Å²) in [5.41, 5.74) is 1.27. The van der Waals surface area contributed by atoms with Crippen LogP contribution in [0.4, 0.5) is 5.82 Å². The smallest absolute Gasteiger partial charge is 0.223 e. The number of aromatic nitrogens is 2. The van der Waals surface area contributed by atoms with Gasteiger partial charge in [0.25, 0.3) is 0 Å². The largest absolute Gasteiger partial charge is 0.353 e. The number of nitrogens with zero attached hydrogens (tertiary/aromatic N) is 4. The molecule has 0 radical (unpaired) electrons. The number of hydrogen-bond acceptors (Lipinski definition) is 4. The minimum absolute atomic E-state index is 0.267. The van der Waals surface area contributed by atoms with E-state index >= 15 is 0 Å². The predicted molar refractivity (Wildman–Crippen MR) is 114 cm³/mol. The van der Waals surface area contributed by atoms with E-state index in [9.17, 15) is 4.79 Å². The summed E-state index contributed by atoms with van der Waals surface area (Å²) in [7, 11) is 0. The molecule has 0 spiro atoms. The van der Waals surface area contributed by atoms with Gasteiger partial charge in [-0.05, 0) is 69.6 Å². The van der Waals surface area contributed by atoms with Crippen molar-refractivity contribution in [3.63, 3.8) is 0 Å². The van der Waals surface area contributed by atoms with Crippen LogP contribution in [0.1, 0.15) is 56.5 Å². The molecule has 5 nitrogen and oxygen atoms in total. The molecule has 4 bridgehead atoms. The second-order valence-corrected chi connectivity index (χ2v) is 11.8. The second kappa shape index (κ2) is 6.68. The summed E-state index contributed by atoms with van der Waals surface area (Å²) < 4.78 is 0.332. The van der Waals surface area contributed by atoms with Gasteiger partial charge in [0.15, 0.2) is 0 Å². The van der Waals surface area contributed by atoms with Crippen LogP contribution in [0.25, 0.3) is 0 Å². The van der Waals surface area contributed by atoms with Crippen molar-refractivity contribution in [3.8, 4) is 0 Å². The average molecular weight is 447 g/mol. The molecule has 4 saturated carbocycles. The summed E-state index contributed by atoms with van der Waals surface area (Å²) in [6, 6.07) is 2.05. The molecule has 1 aromatic heterocycles. The summed E-state index contributed by atoms with van der Waals surface area (Å²) in [6.07, 6.45) is 8.59. The highest BCUT2D eigenvalue weighted by Gasteiger charge is 2.57. The van der Waals surface area contributed by atoms with Crippen molar-refractivity contribution in [2.45, 2.75) is 63.1 Å². The molecular formula is C22H31BrN4O. The summed E-state index contributed by atoms with van der Waals surface area (Å²) in [4.78, 5) is 26.6. The van der Waals surface area contributed by atoms with Gasteiger partial charge in [0.2, 0.25) is 5.91 Å². The lowest BCUT2D eigenvalue weighted by molar-refractivity contribution is -0.138. The molecule has 2 heterocycles. The fraction of sp³-hybridized carbons (Fsp3) is 0.773. The third-order valence-electron chi connectivity index (χ3n) is 7.55. The Morgan fingerprint density at radius 1 is 1.11 bits per heavy atom. The number of piperazine rings is 1. The number of halogens is 1. The monoisotopic (exact) mass is 446 g/mol. The SMILES string of the molecule is Cc1cc(N2CCN(C(=O)CC34CC5CC(CC(Br)(C5)C3)C4)CC2)nc(C)n1. The average Bonchev–Trinajstić information content (AvgIpc) is 2.58. The number of amides is 1. The number of carbonyl (C=O) groups excluding carboxylic acids is 1. The minimum atomic E-state index is 0.267. The Bertz CT molecular complexity index is 754. The summed E-state index contributed by atoms with van der Waals surface area (Å²) in [6.45, 7) is 7.30. The van der Waals surface area contributed by atoms with Crippen molar-refractivity contribution in [3.05, 3.63) is 17.6 Å². The molecule has 5 fully saturated rings. The first-order chi connectivity index (χ1) is 13.3. The lowest BCUT2D eigenvalue weighted by Gasteiger charge is -2.60. The fourth-order valence-electron chi connectivity index (χ4n) is 7.02. The molecule has 2 atom stereocenters. The highest BCUT2D eigenvalue weighted by atomic mass is 79.9. The van der Waals surface area contributed by atoms with E-state index in [0.29, 0.717) is 10.2 Å². The molecule has 1 aromatic rings. The summed E-state index contributed by atoms with van der Waals surface area (Å²) in [5, 5.41) is 0. The molecule has 1 aliphatic heterocycles. The Kier molecular flexibility index (Phi) is 4.49. The van der Waals surface area contributed by atoms with Gasteiger partial charge in [-0.3, -0.25) is 4.79 Å². The van der Waals surface area contributed by atoms with Crippen molar-refractivity contribution in [1.29, 1.82) is 0 Å². The lowest BCUT2D eigenvalue weighted by Crippen LogP contribution is -2.55. The van der Waals surface area contributed by atoms with Crippen LogP contribution in [-0.2, 0) is 4.79 Å². The molecule has 6 rings (SSSR count). The normalized spacial score (nSPS) is 36.8. The fourth-order valence-corrected chi connectivity index (χ4v) is 8.53. The summed E-state index contributed by atoms with van der Waals surface area (Å²) in [5.74, 6) is 3.88. The molecule has 5 aliphatic rings. The van der Waals surface area contributed by atoms with E-state index in [2.05, 4.69) is 41.8 Å². The summed E-state index contributed by atoms with van der Waals surface area (Å²) >= 11 is 4.08. The van der Waals surface area contributed by atoms with E-state index in [1.807, 2.05) is 13.8 Å². The second-order valence-electron chi connectivity index (χ2n) is 10.1. The molecule has 1 amide bonds. The van der Waals surface area contributed by atoms with Gasteiger partial charge in [0.05, 0.1) is 0 Å². The van der Waals surface area contributed by atoms with Crippen LogP contribution in [0, 0.1) is 31.1 Å². The Labute approximate surface area is 176 Å². The molecule has 1 saturated heterocycles. The highest BCUT2D eigenvalue weighted by Crippen LogP contribution is 2.65. The number of carbonyl (C=O) groups is 1. The van der Waals surface area contributed by atoms with E-state index in [0.717, 1.165) is 61.8 Å². The zero-order valence-corrected chi connectivity index (χ0v) is 18.7. The third-order valence-corrected chi connectivity index (χ3v) is 8.47. The molecular weight excluding hydrogens is 416 g/mol. The predicted octanol–water partition coefficient (Wildman–Crippen LogP) is 3.87. The van der Waals surface area contributed by atoms with Gasteiger partial charge in [-0.25, -0.2) is 9.97 Å². The van der Waals surface area contributed by atoms with Crippen molar-refractivity contribution < 1.29 is 4.79 Å². The van der Waals surface area contributed by atoms with Gasteiger partial charge in [0.1, 0.15) is 11.6 Å². The van der Waals surface area contributed by atoms with Gasteiger partial charge in [-0.15, -0.1) is 0 Å². The zero-order chi connectivity index (χ0) is 19.5. The number of rotatable bonds is 3. The van der Waals surface area contributed by atoms with Crippen LogP contribution in [-0.4, -0.2) is 51.3 Å². The van der Waals surface area contributed by atoms with Crippen molar-refractivity contribution in [2.75, 3.05) is 31.1 Å². The molecule has 6 heteroatoms. The molecule has 0 aromatic carbocycles. The first-order valence-corrected chi connectivity index (χ1v) is 11.6. The number of aryl methyl sites for hydroxylation is 2. The molecule has 28 heavy (non-hydrogen) atoms. The van der Waals surface area contributed by atoms with Crippen LogP contribution in [0.2, 0.25) is 0 Å². The molecule has 4 aliphatic carbocycles. The van der Waals surface area contributed by atoms with E-state index in [4.69, 9.17) is 0 Å². The number of alkyl halides is 1. The van der Waals surface area contributed by atoms with Crippen molar-refractivity contribution >= 4 is 27.7 Å². The van der Waals surface area contributed by atoms with E-state index in [1.54, 1.807) is 0 Å². The van der Waals surface area contributed by atoms with Crippen molar-refractivity contribution in [1.82, 2.24) is 14.9 Å². The van der Waals surface area contributed by atoms with Gasteiger partial charge in [-0.2, -0.15) is 0 Å².